The third-order valence-corrected chi connectivity index (χ3v) is 3.22. The Morgan fingerprint density at radius 1 is 1.22 bits per heavy atom. The van der Waals surface area contributed by atoms with Crippen molar-refractivity contribution in [2.75, 3.05) is 25.0 Å². The normalized spacial score (nSPS) is 15.9. The van der Waals surface area contributed by atoms with Gasteiger partial charge in [-0.05, 0) is 12.1 Å². The summed E-state index contributed by atoms with van der Waals surface area (Å²) in [7, 11) is 0. The molecule has 0 unspecified atom stereocenters. The number of rotatable bonds is 4. The molecule has 0 bridgehead atoms. The zero-order valence-corrected chi connectivity index (χ0v) is 10.1. The van der Waals surface area contributed by atoms with Gasteiger partial charge in [0.2, 0.25) is 5.91 Å². The zero-order chi connectivity index (χ0) is 13.0. The van der Waals surface area contributed by atoms with E-state index in [4.69, 9.17) is 0 Å². The second-order valence-corrected chi connectivity index (χ2v) is 4.63. The highest BCUT2D eigenvalue weighted by Gasteiger charge is 2.16. The van der Waals surface area contributed by atoms with Crippen LogP contribution in [0.5, 0.6) is 0 Å². The Bertz CT molecular complexity index is 431. The van der Waals surface area contributed by atoms with E-state index in [1.165, 1.54) is 23.8 Å². The van der Waals surface area contributed by atoms with E-state index in [2.05, 4.69) is 5.32 Å². The van der Waals surface area contributed by atoms with E-state index in [0.717, 1.165) is 31.8 Å². The van der Waals surface area contributed by atoms with Gasteiger partial charge >= 0.3 is 0 Å². The van der Waals surface area contributed by atoms with Crippen LogP contribution in [0.15, 0.2) is 18.2 Å². The van der Waals surface area contributed by atoms with Gasteiger partial charge < -0.3 is 10.2 Å². The van der Waals surface area contributed by atoms with Crippen molar-refractivity contribution in [2.24, 2.45) is 0 Å². The fourth-order valence-corrected chi connectivity index (χ4v) is 2.21. The van der Waals surface area contributed by atoms with E-state index >= 15 is 0 Å². The number of carbonyl (C=O) groups excluding carboxylic acids is 1. The molecule has 18 heavy (non-hydrogen) atoms. The number of hydrogen-bond donors (Lipinski definition) is 2. The molecule has 0 atom stereocenters. The van der Waals surface area contributed by atoms with Gasteiger partial charge in [0.15, 0.2) is 11.6 Å². The van der Waals surface area contributed by atoms with Crippen LogP contribution in [0.25, 0.3) is 0 Å². The number of quaternary nitrogens is 1. The maximum Gasteiger partial charge on any atom is 0.230 e. The molecule has 0 aliphatic carbocycles. The first kappa shape index (κ1) is 13.0. The van der Waals surface area contributed by atoms with E-state index in [9.17, 15) is 13.6 Å². The fraction of sp³-hybridized carbons (Fsp3) is 0.462. The molecule has 0 spiro atoms. The Kier molecular flexibility index (Phi) is 4.25. The summed E-state index contributed by atoms with van der Waals surface area (Å²) >= 11 is 0. The summed E-state index contributed by atoms with van der Waals surface area (Å²) in [6.45, 7) is 3.05. The minimum atomic E-state index is -0.946. The first-order valence-electron chi connectivity index (χ1n) is 6.23. The molecule has 3 nitrogen and oxygen atoms in total. The van der Waals surface area contributed by atoms with E-state index in [1.54, 1.807) is 0 Å². The van der Waals surface area contributed by atoms with Crippen LogP contribution in [0.2, 0.25) is 0 Å². The molecule has 0 radical (unpaired) electrons. The van der Waals surface area contributed by atoms with Gasteiger partial charge in [0.1, 0.15) is 0 Å². The lowest BCUT2D eigenvalue weighted by Gasteiger charge is -2.11. The average molecular weight is 255 g/mol. The molecule has 2 N–H and O–H groups in total. The van der Waals surface area contributed by atoms with Crippen LogP contribution in [0.3, 0.4) is 0 Å². The van der Waals surface area contributed by atoms with Gasteiger partial charge in [-0.1, -0.05) is 0 Å². The number of carbonyl (C=O) groups is 1. The van der Waals surface area contributed by atoms with Crippen molar-refractivity contribution in [1.82, 2.24) is 0 Å². The molecule has 0 aromatic heterocycles. The molecule has 98 valence electrons. The number of benzene rings is 1. The Labute approximate surface area is 105 Å². The van der Waals surface area contributed by atoms with E-state index in [1.807, 2.05) is 0 Å². The van der Waals surface area contributed by atoms with Crippen LogP contribution in [0, 0.1) is 11.6 Å². The maximum atomic E-state index is 12.9. The third kappa shape index (κ3) is 3.50. The molecule has 1 fully saturated rings. The SMILES string of the molecule is O=C(CC[NH+]1CCCC1)Nc1ccc(F)c(F)c1. The lowest BCUT2D eigenvalue weighted by Crippen LogP contribution is -3.10. The molecule has 0 saturated carbocycles. The fourth-order valence-electron chi connectivity index (χ4n) is 2.21. The number of nitrogens with one attached hydrogen (secondary N) is 2. The first-order chi connectivity index (χ1) is 8.65. The quantitative estimate of drug-likeness (QED) is 0.826. The van der Waals surface area contributed by atoms with Crippen molar-refractivity contribution in [1.29, 1.82) is 0 Å². The molecule has 1 saturated heterocycles. The number of likely N-dealkylation sites (tertiary alicyclic amines) is 1. The maximum absolute atomic E-state index is 12.9. The summed E-state index contributed by atoms with van der Waals surface area (Å²) in [4.78, 5) is 13.1. The molecule has 1 aromatic carbocycles. The van der Waals surface area contributed by atoms with Crippen LogP contribution in [0.4, 0.5) is 14.5 Å². The van der Waals surface area contributed by atoms with E-state index < -0.39 is 11.6 Å². The highest BCUT2D eigenvalue weighted by molar-refractivity contribution is 5.90. The van der Waals surface area contributed by atoms with E-state index in [0.29, 0.717) is 12.1 Å². The summed E-state index contributed by atoms with van der Waals surface area (Å²) in [5.74, 6) is -2.01. The molecule has 2 rings (SSSR count). The standard InChI is InChI=1S/C13H16F2N2O/c14-11-4-3-10(9-12(11)15)16-13(18)5-8-17-6-1-2-7-17/h3-4,9H,1-2,5-8H2,(H,16,18)/p+1. The van der Waals surface area contributed by atoms with Crippen molar-refractivity contribution >= 4 is 11.6 Å². The van der Waals surface area contributed by atoms with Crippen molar-refractivity contribution in [2.45, 2.75) is 19.3 Å². The molecular formula is C13H17F2N2O+. The summed E-state index contributed by atoms with van der Waals surface area (Å²) < 4.78 is 25.6. The number of amides is 1. The predicted molar refractivity (Wildman–Crippen MR) is 64.4 cm³/mol. The third-order valence-electron chi connectivity index (χ3n) is 3.22. The Balaban J connectivity index is 1.80. The number of halogens is 2. The smallest absolute Gasteiger partial charge is 0.230 e. The lowest BCUT2D eigenvalue weighted by atomic mass is 10.3. The largest absolute Gasteiger partial charge is 0.334 e. The van der Waals surface area contributed by atoms with Gasteiger partial charge in [-0.25, -0.2) is 8.78 Å². The first-order valence-corrected chi connectivity index (χ1v) is 6.23. The monoisotopic (exact) mass is 255 g/mol. The molecule has 5 heteroatoms. The Morgan fingerprint density at radius 3 is 2.61 bits per heavy atom. The minimum Gasteiger partial charge on any atom is -0.334 e. The summed E-state index contributed by atoms with van der Waals surface area (Å²) in [6.07, 6.45) is 2.86. The molecule has 1 aliphatic heterocycles. The van der Waals surface area contributed by atoms with Gasteiger partial charge in [0.25, 0.3) is 0 Å². The van der Waals surface area contributed by atoms with Crippen molar-refractivity contribution in [3.05, 3.63) is 29.8 Å². The average Bonchev–Trinajstić information content (AvgIpc) is 2.84. The predicted octanol–water partition coefficient (Wildman–Crippen LogP) is 0.972. The highest BCUT2D eigenvalue weighted by atomic mass is 19.2. The summed E-state index contributed by atoms with van der Waals surface area (Å²) in [5.41, 5.74) is 0.301. The Hall–Kier alpha value is -1.49. The minimum absolute atomic E-state index is 0.152. The van der Waals surface area contributed by atoms with Crippen molar-refractivity contribution in [3.63, 3.8) is 0 Å². The zero-order valence-electron chi connectivity index (χ0n) is 10.1. The van der Waals surface area contributed by atoms with Crippen LogP contribution < -0.4 is 10.2 Å². The van der Waals surface area contributed by atoms with Crippen molar-refractivity contribution in [3.8, 4) is 0 Å². The van der Waals surface area contributed by atoms with Gasteiger partial charge in [0, 0.05) is 24.6 Å². The van der Waals surface area contributed by atoms with Gasteiger partial charge in [-0.3, -0.25) is 4.79 Å². The topological polar surface area (TPSA) is 33.5 Å². The van der Waals surface area contributed by atoms with Crippen LogP contribution in [-0.4, -0.2) is 25.5 Å². The second kappa shape index (κ2) is 5.91. The molecular weight excluding hydrogens is 238 g/mol. The molecule has 1 aliphatic rings. The number of anilines is 1. The van der Waals surface area contributed by atoms with Gasteiger partial charge in [-0.2, -0.15) is 0 Å². The second-order valence-electron chi connectivity index (χ2n) is 4.63. The van der Waals surface area contributed by atoms with Crippen LogP contribution in [0.1, 0.15) is 19.3 Å². The number of hydrogen-bond acceptors (Lipinski definition) is 1. The van der Waals surface area contributed by atoms with Gasteiger partial charge in [0.05, 0.1) is 26.1 Å². The van der Waals surface area contributed by atoms with Gasteiger partial charge in [-0.15, -0.1) is 0 Å². The summed E-state index contributed by atoms with van der Waals surface area (Å²) in [5, 5.41) is 2.57. The van der Waals surface area contributed by atoms with Crippen LogP contribution >= 0.6 is 0 Å². The molecule has 1 amide bonds. The van der Waals surface area contributed by atoms with Crippen LogP contribution in [-0.2, 0) is 4.79 Å². The molecule has 1 heterocycles. The summed E-state index contributed by atoms with van der Waals surface area (Å²) in [6, 6.07) is 3.37. The molecule has 1 aromatic rings. The van der Waals surface area contributed by atoms with Crippen molar-refractivity contribution < 1.29 is 18.5 Å². The van der Waals surface area contributed by atoms with E-state index in [-0.39, 0.29) is 5.91 Å². The lowest BCUT2D eigenvalue weighted by molar-refractivity contribution is -0.886. The highest BCUT2D eigenvalue weighted by Crippen LogP contribution is 2.13. The Morgan fingerprint density at radius 2 is 1.94 bits per heavy atom.